The number of aromatic nitrogens is 4. The van der Waals surface area contributed by atoms with Crippen LogP contribution in [-0.2, 0) is 10.3 Å². The molecule has 0 radical (unpaired) electrons. The summed E-state index contributed by atoms with van der Waals surface area (Å²) >= 11 is 6.61. The maximum absolute atomic E-state index is 6.61. The van der Waals surface area contributed by atoms with Gasteiger partial charge in [-0.1, -0.05) is 11.6 Å². The van der Waals surface area contributed by atoms with Gasteiger partial charge in [-0.05, 0) is 87.6 Å². The average molecular weight is 440 g/mol. The molecule has 164 valence electrons. The SMILES string of the molecule is C1CCOC1.Clc1cc2cnn(-c3cnn(C45CC(C4)C5)c3)c2cc1C1CCNCC1. The molecule has 6 nitrogen and oxygen atoms in total. The fourth-order valence-corrected chi connectivity index (χ4v) is 5.95. The summed E-state index contributed by atoms with van der Waals surface area (Å²) in [6, 6.07) is 4.32. The molecule has 2 aliphatic heterocycles. The van der Waals surface area contributed by atoms with Crippen LogP contribution < -0.4 is 5.32 Å². The van der Waals surface area contributed by atoms with Crippen LogP contribution in [0.5, 0.6) is 0 Å². The number of hydrogen-bond acceptors (Lipinski definition) is 4. The number of benzene rings is 1. The standard InChI is InChI=1S/C20H22ClN5.C4H8O/c21-18-5-15-10-24-26(19(15)6-17(18)14-1-3-22-4-2-14)16-11-23-25(12-16)20-7-13(8-20)9-20;1-2-4-5-3-1/h5-6,10-14,22H,1-4,7-9H2;1-4H2. The quantitative estimate of drug-likeness (QED) is 0.645. The van der Waals surface area contributed by atoms with Crippen molar-refractivity contribution in [3.8, 4) is 5.69 Å². The molecular formula is C24H30ClN5O. The third-order valence-corrected chi connectivity index (χ3v) is 7.93. The van der Waals surface area contributed by atoms with Crippen molar-refractivity contribution in [2.45, 2.75) is 56.4 Å². The van der Waals surface area contributed by atoms with Crippen LogP contribution in [0.1, 0.15) is 56.4 Å². The molecule has 0 unspecified atom stereocenters. The summed E-state index contributed by atoms with van der Waals surface area (Å²) in [7, 11) is 0. The minimum atomic E-state index is 0.315. The Kier molecular flexibility index (Phi) is 5.04. The van der Waals surface area contributed by atoms with E-state index in [0.717, 1.165) is 66.7 Å². The first-order valence-electron chi connectivity index (χ1n) is 11.7. The average Bonchev–Trinajstić information content (AvgIpc) is 3.48. The highest BCUT2D eigenvalue weighted by Gasteiger charge is 2.58. The van der Waals surface area contributed by atoms with Gasteiger partial charge in [-0.3, -0.25) is 4.68 Å². The number of ether oxygens (including phenoxy) is 1. The van der Waals surface area contributed by atoms with E-state index in [0.29, 0.717) is 11.5 Å². The number of rotatable bonds is 3. The fourth-order valence-electron chi connectivity index (χ4n) is 5.62. The molecule has 4 heterocycles. The first-order chi connectivity index (χ1) is 15.2. The molecule has 3 aliphatic carbocycles. The molecule has 2 aromatic heterocycles. The van der Waals surface area contributed by atoms with E-state index in [1.165, 1.54) is 37.7 Å². The summed E-state index contributed by atoms with van der Waals surface area (Å²) in [5.41, 5.74) is 3.74. The largest absolute Gasteiger partial charge is 0.381 e. The molecule has 0 atom stereocenters. The highest BCUT2D eigenvalue weighted by molar-refractivity contribution is 6.32. The molecule has 3 saturated carbocycles. The molecule has 5 fully saturated rings. The van der Waals surface area contributed by atoms with Gasteiger partial charge >= 0.3 is 0 Å². The van der Waals surface area contributed by atoms with Crippen molar-refractivity contribution in [1.29, 1.82) is 0 Å². The molecular weight excluding hydrogens is 410 g/mol. The van der Waals surface area contributed by atoms with Gasteiger partial charge < -0.3 is 10.1 Å². The highest BCUT2D eigenvalue weighted by atomic mass is 35.5. The summed E-state index contributed by atoms with van der Waals surface area (Å²) in [6.07, 6.45) is 14.7. The Balaban J connectivity index is 0.000000329. The molecule has 5 aliphatic rings. The molecule has 31 heavy (non-hydrogen) atoms. The minimum Gasteiger partial charge on any atom is -0.381 e. The first kappa shape index (κ1) is 19.8. The van der Waals surface area contributed by atoms with Gasteiger partial charge in [0.05, 0.1) is 29.6 Å². The van der Waals surface area contributed by atoms with E-state index in [2.05, 4.69) is 38.5 Å². The molecule has 2 saturated heterocycles. The van der Waals surface area contributed by atoms with Crippen molar-refractivity contribution >= 4 is 22.5 Å². The van der Waals surface area contributed by atoms with Crippen molar-refractivity contribution in [2.75, 3.05) is 26.3 Å². The van der Waals surface area contributed by atoms with Gasteiger partial charge in [0.1, 0.15) is 5.69 Å². The number of hydrogen-bond donors (Lipinski definition) is 1. The minimum absolute atomic E-state index is 0.315. The van der Waals surface area contributed by atoms with Crippen molar-refractivity contribution in [2.24, 2.45) is 5.92 Å². The number of nitrogens with zero attached hydrogens (tertiary/aromatic N) is 4. The van der Waals surface area contributed by atoms with Crippen molar-refractivity contribution in [1.82, 2.24) is 24.9 Å². The second kappa shape index (κ2) is 7.91. The monoisotopic (exact) mass is 439 g/mol. The van der Waals surface area contributed by atoms with Crippen LogP contribution in [0.2, 0.25) is 5.02 Å². The van der Waals surface area contributed by atoms with E-state index in [1.54, 1.807) is 0 Å². The topological polar surface area (TPSA) is 56.9 Å². The second-order valence-corrected chi connectivity index (χ2v) is 10.1. The normalized spacial score (nSPS) is 27.5. The predicted octanol–water partition coefficient (Wildman–Crippen LogP) is 4.65. The zero-order valence-corrected chi connectivity index (χ0v) is 18.7. The number of piperidine rings is 1. The fraction of sp³-hybridized carbons (Fsp3) is 0.583. The van der Waals surface area contributed by atoms with Crippen LogP contribution in [0.3, 0.4) is 0 Å². The van der Waals surface area contributed by atoms with Crippen LogP contribution >= 0.6 is 11.6 Å². The molecule has 0 spiro atoms. The van der Waals surface area contributed by atoms with E-state index in [4.69, 9.17) is 16.3 Å². The smallest absolute Gasteiger partial charge is 0.103 e. The molecule has 0 amide bonds. The summed E-state index contributed by atoms with van der Waals surface area (Å²) < 4.78 is 9.14. The van der Waals surface area contributed by atoms with Gasteiger partial charge in [-0.15, -0.1) is 0 Å². The second-order valence-electron chi connectivity index (χ2n) is 9.68. The van der Waals surface area contributed by atoms with Gasteiger partial charge in [-0.25, -0.2) is 4.68 Å². The molecule has 2 bridgehead atoms. The number of nitrogens with one attached hydrogen (secondary N) is 1. The Morgan fingerprint density at radius 2 is 1.81 bits per heavy atom. The Morgan fingerprint density at radius 1 is 1.03 bits per heavy atom. The lowest BCUT2D eigenvalue weighted by atomic mass is 9.50. The lowest BCUT2D eigenvalue weighted by Crippen LogP contribution is -2.59. The molecule has 3 aromatic rings. The van der Waals surface area contributed by atoms with E-state index < -0.39 is 0 Å². The summed E-state index contributed by atoms with van der Waals surface area (Å²) in [6.45, 7) is 4.13. The zero-order valence-electron chi connectivity index (χ0n) is 17.9. The Bertz CT molecular complexity index is 1050. The maximum Gasteiger partial charge on any atom is 0.103 e. The van der Waals surface area contributed by atoms with E-state index in [9.17, 15) is 0 Å². The lowest BCUT2D eigenvalue weighted by molar-refractivity contribution is -0.0977. The Hall–Kier alpha value is -1.89. The highest BCUT2D eigenvalue weighted by Crippen LogP contribution is 2.62. The number of fused-ring (bicyclic) bond motifs is 1. The molecule has 8 rings (SSSR count). The molecule has 1 aromatic carbocycles. The van der Waals surface area contributed by atoms with Gasteiger partial charge in [0.2, 0.25) is 0 Å². The van der Waals surface area contributed by atoms with Crippen LogP contribution in [0.15, 0.2) is 30.7 Å². The van der Waals surface area contributed by atoms with Crippen molar-refractivity contribution in [3.05, 3.63) is 41.3 Å². The zero-order chi connectivity index (χ0) is 20.8. The van der Waals surface area contributed by atoms with Gasteiger partial charge in [0.25, 0.3) is 0 Å². The summed E-state index contributed by atoms with van der Waals surface area (Å²) in [5, 5.41) is 14.7. The van der Waals surface area contributed by atoms with Crippen molar-refractivity contribution in [3.63, 3.8) is 0 Å². The Labute approximate surface area is 187 Å². The van der Waals surface area contributed by atoms with Gasteiger partial charge in [-0.2, -0.15) is 10.2 Å². The first-order valence-corrected chi connectivity index (χ1v) is 12.1. The maximum atomic E-state index is 6.61. The van der Waals surface area contributed by atoms with Gasteiger partial charge in [0, 0.05) is 23.6 Å². The van der Waals surface area contributed by atoms with Crippen molar-refractivity contribution < 1.29 is 4.74 Å². The van der Waals surface area contributed by atoms with E-state index in [1.807, 2.05) is 17.1 Å². The summed E-state index contributed by atoms with van der Waals surface area (Å²) in [5.74, 6) is 1.47. The third kappa shape index (κ3) is 3.49. The van der Waals surface area contributed by atoms with Crippen LogP contribution in [0.4, 0.5) is 0 Å². The third-order valence-electron chi connectivity index (χ3n) is 7.60. The van der Waals surface area contributed by atoms with E-state index in [-0.39, 0.29) is 0 Å². The lowest BCUT2D eigenvalue weighted by Gasteiger charge is -2.61. The molecule has 7 heteroatoms. The van der Waals surface area contributed by atoms with Crippen LogP contribution in [-0.4, -0.2) is 45.9 Å². The predicted molar refractivity (Wildman–Crippen MR) is 122 cm³/mol. The van der Waals surface area contributed by atoms with Crippen LogP contribution in [0.25, 0.3) is 16.6 Å². The number of halogens is 1. The van der Waals surface area contributed by atoms with Gasteiger partial charge in [0.15, 0.2) is 0 Å². The Morgan fingerprint density at radius 3 is 2.45 bits per heavy atom. The summed E-state index contributed by atoms with van der Waals surface area (Å²) in [4.78, 5) is 0. The van der Waals surface area contributed by atoms with E-state index >= 15 is 0 Å². The molecule has 1 N–H and O–H groups in total. The van der Waals surface area contributed by atoms with Crippen LogP contribution in [0, 0.1) is 5.92 Å².